The van der Waals surface area contributed by atoms with Crippen molar-refractivity contribution in [3.05, 3.63) is 48.0 Å². The van der Waals surface area contributed by atoms with Gasteiger partial charge in [-0.2, -0.15) is 0 Å². The first kappa shape index (κ1) is 14.6. The number of ether oxygens (including phenoxy) is 1. The molecule has 0 aliphatic heterocycles. The van der Waals surface area contributed by atoms with Gasteiger partial charge in [-0.3, -0.25) is 4.79 Å². The van der Waals surface area contributed by atoms with Gasteiger partial charge in [-0.25, -0.2) is 4.79 Å². The summed E-state index contributed by atoms with van der Waals surface area (Å²) in [6.07, 6.45) is 4.16. The first-order valence-corrected chi connectivity index (χ1v) is 7.39. The van der Waals surface area contributed by atoms with Crippen LogP contribution in [0.25, 0.3) is 0 Å². The third-order valence-electron chi connectivity index (χ3n) is 4.69. The maximum Gasteiger partial charge on any atom is 0.407 e. The molecule has 0 aromatic heterocycles. The molecular formula is C17H19NO4. The summed E-state index contributed by atoms with van der Waals surface area (Å²) in [6.45, 7) is 2.11. The molecule has 0 unspecified atom stereocenters. The summed E-state index contributed by atoms with van der Waals surface area (Å²) >= 11 is 0. The molecule has 1 fully saturated rings. The zero-order chi connectivity index (χ0) is 15.7. The monoisotopic (exact) mass is 301 g/mol. The smallest absolute Gasteiger partial charge is 0.407 e. The zero-order valence-electron chi connectivity index (χ0n) is 12.4. The molecule has 22 heavy (non-hydrogen) atoms. The van der Waals surface area contributed by atoms with Crippen molar-refractivity contribution in [3.63, 3.8) is 0 Å². The molecule has 2 aliphatic carbocycles. The molecule has 0 radical (unpaired) electrons. The Morgan fingerprint density at radius 2 is 2.09 bits per heavy atom. The minimum Gasteiger partial charge on any atom is -0.481 e. The average molecular weight is 301 g/mol. The van der Waals surface area contributed by atoms with Crippen LogP contribution in [-0.4, -0.2) is 23.2 Å². The number of carbonyl (C=O) groups excluding carboxylic acids is 1. The number of carbonyl (C=O) groups is 2. The lowest BCUT2D eigenvalue weighted by Gasteiger charge is -2.30. The number of hydrogen-bond donors (Lipinski definition) is 2. The summed E-state index contributed by atoms with van der Waals surface area (Å²) in [4.78, 5) is 23.5. The Morgan fingerprint density at radius 1 is 1.36 bits per heavy atom. The van der Waals surface area contributed by atoms with Crippen molar-refractivity contribution in [1.29, 1.82) is 0 Å². The standard InChI is InChI=1S/C17H19NO4/c1-17-8-7-12(9-17)14(13(17)15(19)20)18-16(21)22-10-11-5-3-2-4-6-11/h2-8,12-14H,9-10H2,1H3,(H,18,21)(H,19,20)/t12-,13-,14+,17+/m1/s1. The van der Waals surface area contributed by atoms with Crippen LogP contribution in [0.2, 0.25) is 0 Å². The van der Waals surface area contributed by atoms with E-state index in [0.717, 1.165) is 12.0 Å². The van der Waals surface area contributed by atoms with Gasteiger partial charge in [-0.15, -0.1) is 0 Å². The molecule has 2 N–H and O–H groups in total. The van der Waals surface area contributed by atoms with Crippen molar-refractivity contribution in [2.24, 2.45) is 17.3 Å². The van der Waals surface area contributed by atoms with Crippen LogP contribution in [0.1, 0.15) is 18.9 Å². The van der Waals surface area contributed by atoms with Crippen LogP contribution in [-0.2, 0) is 16.1 Å². The molecule has 2 bridgehead atoms. The number of benzene rings is 1. The molecule has 0 spiro atoms. The quantitative estimate of drug-likeness (QED) is 0.838. The van der Waals surface area contributed by atoms with Crippen molar-refractivity contribution in [2.45, 2.75) is 26.0 Å². The van der Waals surface area contributed by atoms with Crippen molar-refractivity contribution >= 4 is 12.1 Å². The molecule has 2 aliphatic rings. The fourth-order valence-corrected chi connectivity index (χ4v) is 3.65. The fraction of sp³-hybridized carbons (Fsp3) is 0.412. The van der Waals surface area contributed by atoms with Gasteiger partial charge < -0.3 is 15.2 Å². The number of carboxylic acids is 1. The Kier molecular flexibility index (Phi) is 3.64. The number of allylic oxidation sites excluding steroid dienone is 1. The second kappa shape index (κ2) is 5.48. The number of hydrogen-bond acceptors (Lipinski definition) is 3. The summed E-state index contributed by atoms with van der Waals surface area (Å²) in [5, 5.41) is 12.2. The van der Waals surface area contributed by atoms with Gasteiger partial charge in [0.2, 0.25) is 0 Å². The summed E-state index contributed by atoms with van der Waals surface area (Å²) in [5.41, 5.74) is 0.515. The lowest BCUT2D eigenvalue weighted by molar-refractivity contribution is -0.145. The normalized spacial score (nSPS) is 32.0. The Hall–Kier alpha value is -2.30. The molecule has 5 nitrogen and oxygen atoms in total. The molecule has 5 heteroatoms. The summed E-state index contributed by atoms with van der Waals surface area (Å²) in [7, 11) is 0. The minimum absolute atomic E-state index is 0.0652. The maximum atomic E-state index is 12.0. The van der Waals surface area contributed by atoms with E-state index < -0.39 is 24.0 Å². The van der Waals surface area contributed by atoms with E-state index in [1.807, 2.05) is 49.4 Å². The Labute approximate surface area is 129 Å². The van der Waals surface area contributed by atoms with Crippen LogP contribution in [0.15, 0.2) is 42.5 Å². The van der Waals surface area contributed by atoms with Crippen LogP contribution in [0.5, 0.6) is 0 Å². The second-order valence-corrected chi connectivity index (χ2v) is 6.28. The largest absolute Gasteiger partial charge is 0.481 e. The third-order valence-corrected chi connectivity index (χ3v) is 4.69. The number of nitrogens with one attached hydrogen (secondary N) is 1. The Balaban J connectivity index is 1.62. The zero-order valence-corrected chi connectivity index (χ0v) is 12.4. The van der Waals surface area contributed by atoms with E-state index >= 15 is 0 Å². The number of fused-ring (bicyclic) bond motifs is 2. The molecule has 1 saturated carbocycles. The van der Waals surface area contributed by atoms with Crippen molar-refractivity contribution in [1.82, 2.24) is 5.32 Å². The van der Waals surface area contributed by atoms with Gasteiger partial charge in [0.25, 0.3) is 0 Å². The summed E-state index contributed by atoms with van der Waals surface area (Å²) in [5.74, 6) is -1.41. The van der Waals surface area contributed by atoms with E-state index in [9.17, 15) is 14.7 Å². The van der Waals surface area contributed by atoms with Gasteiger partial charge in [-0.1, -0.05) is 49.4 Å². The Bertz CT molecular complexity index is 612. The minimum atomic E-state index is -0.872. The van der Waals surface area contributed by atoms with Crippen molar-refractivity contribution in [2.75, 3.05) is 0 Å². The summed E-state index contributed by atoms with van der Waals surface area (Å²) < 4.78 is 5.19. The lowest BCUT2D eigenvalue weighted by Crippen LogP contribution is -2.47. The van der Waals surface area contributed by atoms with Gasteiger partial charge in [0.05, 0.1) is 12.0 Å². The number of amides is 1. The SMILES string of the molecule is C[C@]12C=C[C@H](C1)[C@H](NC(=O)OCc1ccccc1)[C@@H]2C(=O)O. The molecule has 4 atom stereocenters. The fourth-order valence-electron chi connectivity index (χ4n) is 3.65. The first-order valence-electron chi connectivity index (χ1n) is 7.39. The highest BCUT2D eigenvalue weighted by Gasteiger charge is 2.56. The van der Waals surface area contributed by atoms with Gasteiger partial charge in [-0.05, 0) is 17.9 Å². The van der Waals surface area contributed by atoms with Crippen molar-refractivity contribution < 1.29 is 19.4 Å². The Morgan fingerprint density at radius 3 is 2.77 bits per heavy atom. The first-order chi connectivity index (χ1) is 10.5. The van der Waals surface area contributed by atoms with Crippen LogP contribution in [0, 0.1) is 17.3 Å². The highest BCUT2D eigenvalue weighted by Crippen LogP contribution is 2.53. The number of carboxylic acid groups (broad SMARTS) is 1. The molecule has 1 amide bonds. The van der Waals surface area contributed by atoms with Crippen LogP contribution in [0.4, 0.5) is 4.79 Å². The maximum absolute atomic E-state index is 12.0. The van der Waals surface area contributed by atoms with Gasteiger partial charge in [0.1, 0.15) is 6.61 Å². The van der Waals surface area contributed by atoms with Crippen LogP contribution in [0.3, 0.4) is 0 Å². The lowest BCUT2D eigenvalue weighted by atomic mass is 9.78. The van der Waals surface area contributed by atoms with Crippen molar-refractivity contribution in [3.8, 4) is 0 Å². The average Bonchev–Trinajstić information content (AvgIpc) is 2.99. The van der Waals surface area contributed by atoms with Gasteiger partial charge >= 0.3 is 12.1 Å². The van der Waals surface area contributed by atoms with E-state index in [1.165, 1.54) is 0 Å². The number of rotatable bonds is 4. The molecule has 116 valence electrons. The summed E-state index contributed by atoms with van der Waals surface area (Å²) in [6, 6.07) is 8.97. The van der Waals surface area contributed by atoms with E-state index in [4.69, 9.17) is 4.74 Å². The predicted octanol–water partition coefficient (Wildman–Crippen LogP) is 2.58. The van der Waals surface area contributed by atoms with E-state index in [-0.39, 0.29) is 17.9 Å². The van der Waals surface area contributed by atoms with E-state index in [2.05, 4.69) is 5.32 Å². The topological polar surface area (TPSA) is 75.6 Å². The van der Waals surface area contributed by atoms with E-state index in [1.54, 1.807) is 0 Å². The molecule has 0 saturated heterocycles. The van der Waals surface area contributed by atoms with Crippen LogP contribution < -0.4 is 5.32 Å². The number of aliphatic carboxylic acids is 1. The molecular weight excluding hydrogens is 282 g/mol. The molecule has 3 rings (SSSR count). The highest BCUT2D eigenvalue weighted by molar-refractivity contribution is 5.76. The van der Waals surface area contributed by atoms with E-state index in [0.29, 0.717) is 0 Å². The number of alkyl carbamates (subject to hydrolysis) is 1. The third kappa shape index (κ3) is 2.58. The van der Waals surface area contributed by atoms with Crippen LogP contribution >= 0.6 is 0 Å². The molecule has 1 aromatic rings. The molecule has 0 heterocycles. The highest BCUT2D eigenvalue weighted by atomic mass is 16.5. The predicted molar refractivity (Wildman–Crippen MR) is 80.0 cm³/mol. The second-order valence-electron chi connectivity index (χ2n) is 6.28. The molecule has 1 aromatic carbocycles. The van der Waals surface area contributed by atoms with Gasteiger partial charge in [0, 0.05) is 5.41 Å². The van der Waals surface area contributed by atoms with Gasteiger partial charge in [0.15, 0.2) is 0 Å².